The Labute approximate surface area is 98.2 Å². The summed E-state index contributed by atoms with van der Waals surface area (Å²) in [6.07, 6.45) is 0. The summed E-state index contributed by atoms with van der Waals surface area (Å²) in [7, 11) is 0. The topological polar surface area (TPSA) is 30.2 Å². The first-order chi connectivity index (χ1) is 8.09. The van der Waals surface area contributed by atoms with E-state index >= 15 is 0 Å². The second-order valence-electron chi connectivity index (χ2n) is 4.42. The fourth-order valence-electron chi connectivity index (χ4n) is 2.49. The zero-order chi connectivity index (χ0) is 12.2. The molecule has 0 unspecified atom stereocenters. The van der Waals surface area contributed by atoms with Crippen LogP contribution in [-0.4, -0.2) is 0 Å². The van der Waals surface area contributed by atoms with Crippen molar-refractivity contribution in [3.63, 3.8) is 0 Å². The molecule has 0 amide bonds. The maximum absolute atomic E-state index is 11.8. The van der Waals surface area contributed by atoms with Gasteiger partial charge in [-0.15, -0.1) is 0 Å². The summed E-state index contributed by atoms with van der Waals surface area (Å²) in [6, 6.07) is 7.80. The van der Waals surface area contributed by atoms with Crippen molar-refractivity contribution in [2.75, 3.05) is 0 Å². The van der Waals surface area contributed by atoms with E-state index in [0.29, 0.717) is 10.8 Å². The molecule has 0 aliphatic heterocycles. The zero-order valence-electron chi connectivity index (χ0n) is 9.83. The van der Waals surface area contributed by atoms with Gasteiger partial charge >= 0.3 is 5.63 Å². The first kappa shape index (κ1) is 10.1. The van der Waals surface area contributed by atoms with Crippen LogP contribution in [-0.2, 0) is 0 Å². The fourth-order valence-corrected chi connectivity index (χ4v) is 2.49. The van der Waals surface area contributed by atoms with Crippen LogP contribution >= 0.6 is 0 Å². The zero-order valence-corrected chi connectivity index (χ0v) is 9.83. The number of rotatable bonds is 0. The van der Waals surface area contributed by atoms with E-state index in [4.69, 9.17) is 4.42 Å². The minimum atomic E-state index is -0.307. The van der Waals surface area contributed by atoms with Crippen LogP contribution in [0.3, 0.4) is 0 Å². The van der Waals surface area contributed by atoms with Gasteiger partial charge in [-0.1, -0.05) is 24.8 Å². The highest BCUT2D eigenvalue weighted by atomic mass is 16.4. The second-order valence-corrected chi connectivity index (χ2v) is 4.42. The third kappa shape index (κ3) is 1.24. The van der Waals surface area contributed by atoms with Crippen LogP contribution in [0.5, 0.6) is 0 Å². The largest absolute Gasteiger partial charge is 0.423 e. The molecular formula is C15H12O2. The molecule has 0 saturated carbocycles. The maximum Gasteiger partial charge on any atom is 0.344 e. The Morgan fingerprint density at radius 2 is 1.53 bits per heavy atom. The Hall–Kier alpha value is -2.09. The predicted octanol–water partition coefficient (Wildman–Crippen LogP) is 2.69. The molecule has 84 valence electrons. The van der Waals surface area contributed by atoms with Crippen molar-refractivity contribution in [2.45, 2.75) is 13.8 Å². The van der Waals surface area contributed by atoms with Crippen molar-refractivity contribution in [1.82, 2.24) is 0 Å². The van der Waals surface area contributed by atoms with Gasteiger partial charge in [-0.3, -0.25) is 0 Å². The number of benzene rings is 2. The average Bonchev–Trinajstić information content (AvgIpc) is 2.28. The van der Waals surface area contributed by atoms with Crippen LogP contribution in [0.25, 0.3) is 28.1 Å². The quantitative estimate of drug-likeness (QED) is 0.587. The molecule has 1 heterocycles. The Bertz CT molecular complexity index is 775. The second kappa shape index (κ2) is 3.20. The van der Waals surface area contributed by atoms with E-state index in [-0.39, 0.29) is 5.63 Å². The molecule has 0 N–H and O–H groups in total. The van der Waals surface area contributed by atoms with E-state index in [1.165, 1.54) is 11.1 Å². The van der Waals surface area contributed by atoms with E-state index in [1.807, 2.05) is 24.3 Å². The monoisotopic (exact) mass is 224 g/mol. The summed E-state index contributed by atoms with van der Waals surface area (Å²) in [5, 5.41) is 3.67. The molecule has 1 aromatic heterocycles. The maximum atomic E-state index is 11.8. The summed E-state index contributed by atoms with van der Waals surface area (Å²) in [4.78, 5) is 11.8. The number of hydrogen-bond donors (Lipinski definition) is 0. The first-order valence-corrected chi connectivity index (χ1v) is 5.54. The molecule has 0 atom stereocenters. The van der Waals surface area contributed by atoms with Gasteiger partial charge in [-0.2, -0.15) is 0 Å². The van der Waals surface area contributed by atoms with Gasteiger partial charge < -0.3 is 4.42 Å². The average molecular weight is 224 g/mol. The Kier molecular flexibility index (Phi) is 1.90. The van der Waals surface area contributed by atoms with E-state index in [2.05, 4.69) is 20.4 Å². The van der Waals surface area contributed by atoms with Gasteiger partial charge in [0.1, 0.15) is 5.42 Å². The molecule has 0 aliphatic rings. The minimum absolute atomic E-state index is 0.307. The normalized spacial score (nSPS) is 11.4. The van der Waals surface area contributed by atoms with Crippen LogP contribution in [0.1, 0.15) is 11.1 Å². The van der Waals surface area contributed by atoms with Gasteiger partial charge in [0.25, 0.3) is 0 Å². The van der Waals surface area contributed by atoms with Gasteiger partial charge in [0, 0.05) is 10.8 Å². The smallest absolute Gasteiger partial charge is 0.344 e. The van der Waals surface area contributed by atoms with Gasteiger partial charge in [0.15, 0.2) is 0 Å². The lowest BCUT2D eigenvalue weighted by Crippen LogP contribution is -2.12. The van der Waals surface area contributed by atoms with Gasteiger partial charge in [-0.25, -0.2) is 4.79 Å². The van der Waals surface area contributed by atoms with Crippen LogP contribution in [0.2, 0.25) is 0 Å². The van der Waals surface area contributed by atoms with E-state index < -0.39 is 0 Å². The van der Waals surface area contributed by atoms with Crippen molar-refractivity contribution in [3.8, 4) is 0 Å². The summed E-state index contributed by atoms with van der Waals surface area (Å²) in [5.41, 5.74) is 2.48. The highest BCUT2D eigenvalue weighted by Crippen LogP contribution is 2.28. The van der Waals surface area contributed by atoms with E-state index in [1.54, 1.807) is 0 Å². The van der Waals surface area contributed by atoms with Crippen molar-refractivity contribution < 1.29 is 4.42 Å². The van der Waals surface area contributed by atoms with Gasteiger partial charge in [-0.05, 0) is 36.4 Å². The molecule has 3 aromatic rings. The highest BCUT2D eigenvalue weighted by molar-refractivity contribution is 6.11. The lowest BCUT2D eigenvalue weighted by Gasteiger charge is -2.09. The molecule has 0 fully saturated rings. The molecular weight excluding hydrogens is 212 g/mol. The first-order valence-electron chi connectivity index (χ1n) is 5.54. The molecule has 0 radical (unpaired) electrons. The van der Waals surface area contributed by atoms with E-state index in [9.17, 15) is 4.79 Å². The van der Waals surface area contributed by atoms with Gasteiger partial charge in [0.05, 0.1) is 5.39 Å². The number of aryl methyl sites for hydroxylation is 2. The van der Waals surface area contributed by atoms with Crippen LogP contribution < -0.4 is 11.0 Å². The predicted molar refractivity (Wildman–Crippen MR) is 70.2 cm³/mol. The van der Waals surface area contributed by atoms with Crippen molar-refractivity contribution in [2.24, 2.45) is 0 Å². The van der Waals surface area contributed by atoms with Crippen molar-refractivity contribution >= 4 is 28.1 Å². The van der Waals surface area contributed by atoms with Crippen LogP contribution in [0.4, 0.5) is 0 Å². The lowest BCUT2D eigenvalue weighted by atomic mass is 9.96. The fraction of sp³-hybridized carbons (Fsp3) is 0.133. The van der Waals surface area contributed by atoms with Gasteiger partial charge in [0.2, 0.25) is 0 Å². The third-order valence-corrected chi connectivity index (χ3v) is 3.31. The van der Waals surface area contributed by atoms with Crippen LogP contribution in [0, 0.1) is 13.8 Å². The molecule has 0 saturated heterocycles. The summed E-state index contributed by atoms with van der Waals surface area (Å²) < 4.78 is 5.15. The minimum Gasteiger partial charge on any atom is -0.423 e. The molecule has 0 aliphatic carbocycles. The molecule has 2 nitrogen and oxygen atoms in total. The molecule has 2 aromatic carbocycles. The Balaban J connectivity index is 2.85. The lowest BCUT2D eigenvalue weighted by molar-refractivity contribution is 0.494. The molecule has 0 spiro atoms. The summed E-state index contributed by atoms with van der Waals surface area (Å²) >= 11 is 0. The standard InChI is InChI=1S/C15H12O2/c1-8-4-6-11-10(3)17-15(16)12-7-5-9(2)13(8)14(11)12/h4-7H,3H2,1-2H3. The summed E-state index contributed by atoms with van der Waals surface area (Å²) in [6.45, 7) is 7.91. The summed E-state index contributed by atoms with van der Waals surface area (Å²) in [5.74, 6) is 0. The van der Waals surface area contributed by atoms with Crippen molar-refractivity contribution in [3.05, 3.63) is 51.2 Å². The third-order valence-electron chi connectivity index (χ3n) is 3.31. The molecule has 2 heteroatoms. The van der Waals surface area contributed by atoms with Crippen molar-refractivity contribution in [1.29, 1.82) is 0 Å². The molecule has 17 heavy (non-hydrogen) atoms. The highest BCUT2D eigenvalue weighted by Gasteiger charge is 2.11. The van der Waals surface area contributed by atoms with Crippen LogP contribution in [0.15, 0.2) is 33.5 Å². The van der Waals surface area contributed by atoms with E-state index in [0.717, 1.165) is 16.2 Å². The molecule has 0 bridgehead atoms. The molecule has 3 rings (SSSR count). The Morgan fingerprint density at radius 3 is 2.18 bits per heavy atom. The SMILES string of the molecule is C=c1oc(=O)c2ccc(C)c3c(C)ccc1c32. The number of hydrogen-bond acceptors (Lipinski definition) is 2. The Morgan fingerprint density at radius 1 is 0.941 bits per heavy atom.